The first-order valence-corrected chi connectivity index (χ1v) is 11.9. The van der Waals surface area contributed by atoms with E-state index in [0.717, 1.165) is 12.0 Å². The predicted octanol–water partition coefficient (Wildman–Crippen LogP) is 2.70. The van der Waals surface area contributed by atoms with Crippen molar-refractivity contribution in [2.24, 2.45) is 5.92 Å². The number of hydrogen-bond acceptors (Lipinski definition) is 5. The standard InChI is InChI=1S/C20H26ClN3O4S/c1-3-13(2)18(11-25)22-20(26)17-10-19(14-4-6-15(21)7-5-14)24(23-17)16-8-9-29(27,28)12-16/h4-7,10,13,16,18,25H,3,8-9,11-12H2,1-2H3,(H,22,26)/t13-,16+,18+/m0/s1. The molecule has 0 bridgehead atoms. The van der Waals surface area contributed by atoms with Crippen molar-refractivity contribution < 1.29 is 18.3 Å². The van der Waals surface area contributed by atoms with Gasteiger partial charge in [-0.15, -0.1) is 0 Å². The summed E-state index contributed by atoms with van der Waals surface area (Å²) in [4.78, 5) is 12.8. The Morgan fingerprint density at radius 2 is 2.07 bits per heavy atom. The van der Waals surface area contributed by atoms with Gasteiger partial charge in [-0.05, 0) is 36.1 Å². The summed E-state index contributed by atoms with van der Waals surface area (Å²) in [5.41, 5.74) is 1.66. The fourth-order valence-corrected chi connectivity index (χ4v) is 5.30. The Labute approximate surface area is 176 Å². The quantitative estimate of drug-likeness (QED) is 0.690. The van der Waals surface area contributed by atoms with Crippen LogP contribution in [-0.2, 0) is 9.84 Å². The Hall–Kier alpha value is -1.90. The van der Waals surface area contributed by atoms with Crippen molar-refractivity contribution in [1.29, 1.82) is 0 Å². The zero-order chi connectivity index (χ0) is 21.2. The van der Waals surface area contributed by atoms with Crippen molar-refractivity contribution in [1.82, 2.24) is 15.1 Å². The number of amides is 1. The molecule has 158 valence electrons. The lowest BCUT2D eigenvalue weighted by Gasteiger charge is -2.21. The number of hydrogen-bond donors (Lipinski definition) is 2. The molecule has 1 aliphatic rings. The third-order valence-electron chi connectivity index (χ3n) is 5.51. The van der Waals surface area contributed by atoms with Crippen LogP contribution in [0, 0.1) is 5.92 Å². The maximum absolute atomic E-state index is 12.8. The van der Waals surface area contributed by atoms with Crippen LogP contribution < -0.4 is 5.32 Å². The fraction of sp³-hybridized carbons (Fsp3) is 0.500. The summed E-state index contributed by atoms with van der Waals surface area (Å²) in [6.45, 7) is 3.79. The van der Waals surface area contributed by atoms with Crippen LogP contribution in [0.3, 0.4) is 0 Å². The van der Waals surface area contributed by atoms with Crippen LogP contribution in [0.4, 0.5) is 0 Å². The minimum absolute atomic E-state index is 0.00244. The van der Waals surface area contributed by atoms with Crippen molar-refractivity contribution >= 4 is 27.3 Å². The molecule has 2 heterocycles. The lowest BCUT2D eigenvalue weighted by atomic mass is 10.00. The van der Waals surface area contributed by atoms with E-state index in [-0.39, 0.29) is 47.7 Å². The van der Waals surface area contributed by atoms with Crippen LogP contribution in [0.1, 0.15) is 43.2 Å². The van der Waals surface area contributed by atoms with Crippen LogP contribution in [0.5, 0.6) is 0 Å². The number of carbonyl (C=O) groups excluding carboxylic acids is 1. The highest BCUT2D eigenvalue weighted by molar-refractivity contribution is 7.91. The number of aliphatic hydroxyl groups excluding tert-OH is 1. The normalized spacial score (nSPS) is 20.3. The molecular weight excluding hydrogens is 414 g/mol. The summed E-state index contributed by atoms with van der Waals surface area (Å²) in [5.74, 6) is -0.164. The van der Waals surface area contributed by atoms with Gasteiger partial charge in [-0.25, -0.2) is 8.42 Å². The topological polar surface area (TPSA) is 101 Å². The van der Waals surface area contributed by atoms with E-state index in [1.807, 2.05) is 26.0 Å². The fourth-order valence-electron chi connectivity index (χ4n) is 3.48. The van der Waals surface area contributed by atoms with Gasteiger partial charge in [0.1, 0.15) is 0 Å². The molecule has 7 nitrogen and oxygen atoms in total. The number of nitrogens with zero attached hydrogens (tertiary/aromatic N) is 2. The number of halogens is 1. The van der Waals surface area contributed by atoms with Crippen molar-refractivity contribution in [3.63, 3.8) is 0 Å². The van der Waals surface area contributed by atoms with E-state index in [1.165, 1.54) is 0 Å². The van der Waals surface area contributed by atoms with Crippen LogP contribution in [0.15, 0.2) is 30.3 Å². The number of aromatic nitrogens is 2. The zero-order valence-electron chi connectivity index (χ0n) is 16.5. The first kappa shape index (κ1) is 21.8. The molecule has 1 aliphatic heterocycles. The Morgan fingerprint density at radius 1 is 1.38 bits per heavy atom. The lowest BCUT2D eigenvalue weighted by Crippen LogP contribution is -2.42. The number of carbonyl (C=O) groups is 1. The largest absolute Gasteiger partial charge is 0.394 e. The first-order chi connectivity index (χ1) is 13.7. The summed E-state index contributed by atoms with van der Waals surface area (Å²) in [5, 5.41) is 17.5. The van der Waals surface area contributed by atoms with Crippen molar-refractivity contribution in [3.05, 3.63) is 41.0 Å². The van der Waals surface area contributed by atoms with Gasteiger partial charge in [-0.2, -0.15) is 5.10 Å². The van der Waals surface area contributed by atoms with Gasteiger partial charge >= 0.3 is 0 Å². The van der Waals surface area contributed by atoms with Crippen molar-refractivity contribution in [2.75, 3.05) is 18.1 Å². The lowest BCUT2D eigenvalue weighted by molar-refractivity contribution is 0.0885. The molecule has 1 fully saturated rings. The summed E-state index contributed by atoms with van der Waals surface area (Å²) in [6.07, 6.45) is 1.27. The third kappa shape index (κ3) is 4.99. The molecule has 0 aliphatic carbocycles. The SMILES string of the molecule is CC[C@H](C)[C@@H](CO)NC(=O)c1cc(-c2ccc(Cl)cc2)n([C@@H]2CCS(=O)(=O)C2)n1. The molecule has 1 amide bonds. The van der Waals surface area contributed by atoms with Gasteiger partial charge in [0.05, 0.1) is 35.9 Å². The smallest absolute Gasteiger partial charge is 0.272 e. The molecule has 2 N–H and O–H groups in total. The second-order valence-corrected chi connectivity index (χ2v) is 10.2. The Balaban J connectivity index is 1.96. The minimum atomic E-state index is -3.11. The summed E-state index contributed by atoms with van der Waals surface area (Å²) in [7, 11) is -3.11. The van der Waals surface area contributed by atoms with E-state index in [0.29, 0.717) is 17.1 Å². The summed E-state index contributed by atoms with van der Waals surface area (Å²) in [6, 6.07) is 8.08. The highest BCUT2D eigenvalue weighted by Crippen LogP contribution is 2.30. The van der Waals surface area contributed by atoms with E-state index >= 15 is 0 Å². The molecule has 1 aromatic carbocycles. The Bertz CT molecular complexity index is 972. The van der Waals surface area contributed by atoms with E-state index in [2.05, 4.69) is 10.4 Å². The maximum Gasteiger partial charge on any atom is 0.272 e. The number of nitrogens with one attached hydrogen (secondary N) is 1. The molecule has 0 spiro atoms. The molecule has 0 saturated carbocycles. The monoisotopic (exact) mass is 439 g/mol. The van der Waals surface area contributed by atoms with Crippen LogP contribution >= 0.6 is 11.6 Å². The van der Waals surface area contributed by atoms with Gasteiger partial charge in [0.2, 0.25) is 0 Å². The predicted molar refractivity (Wildman–Crippen MR) is 113 cm³/mol. The Morgan fingerprint density at radius 3 is 2.62 bits per heavy atom. The highest BCUT2D eigenvalue weighted by Gasteiger charge is 2.32. The number of aliphatic hydroxyl groups is 1. The van der Waals surface area contributed by atoms with Gasteiger partial charge in [-0.3, -0.25) is 9.48 Å². The highest BCUT2D eigenvalue weighted by atomic mass is 35.5. The molecule has 1 aromatic heterocycles. The van der Waals surface area contributed by atoms with Gasteiger partial charge in [-0.1, -0.05) is 44.0 Å². The molecule has 9 heteroatoms. The second-order valence-electron chi connectivity index (χ2n) is 7.57. The molecule has 0 unspecified atom stereocenters. The van der Waals surface area contributed by atoms with E-state index in [9.17, 15) is 18.3 Å². The number of rotatable bonds is 7. The van der Waals surface area contributed by atoms with Crippen LogP contribution in [0.25, 0.3) is 11.3 Å². The van der Waals surface area contributed by atoms with Crippen LogP contribution in [0.2, 0.25) is 5.02 Å². The average Bonchev–Trinajstić information content (AvgIpc) is 3.29. The number of sulfone groups is 1. The summed E-state index contributed by atoms with van der Waals surface area (Å²) < 4.78 is 25.6. The van der Waals surface area contributed by atoms with E-state index in [4.69, 9.17) is 11.6 Å². The van der Waals surface area contributed by atoms with Gasteiger partial charge < -0.3 is 10.4 Å². The third-order valence-corrected chi connectivity index (χ3v) is 7.51. The van der Waals surface area contributed by atoms with Crippen molar-refractivity contribution in [2.45, 2.75) is 38.8 Å². The molecule has 2 aromatic rings. The van der Waals surface area contributed by atoms with Crippen molar-refractivity contribution in [3.8, 4) is 11.3 Å². The second kappa shape index (κ2) is 8.85. The Kier molecular flexibility index (Phi) is 6.65. The van der Waals surface area contributed by atoms with E-state index in [1.54, 1.807) is 22.9 Å². The molecule has 29 heavy (non-hydrogen) atoms. The number of benzene rings is 1. The molecule has 1 saturated heterocycles. The molecule has 3 atom stereocenters. The van der Waals surface area contributed by atoms with Gasteiger partial charge in [0.15, 0.2) is 15.5 Å². The summed E-state index contributed by atoms with van der Waals surface area (Å²) >= 11 is 5.99. The van der Waals surface area contributed by atoms with Crippen LogP contribution in [-0.4, -0.2) is 53.4 Å². The van der Waals surface area contributed by atoms with E-state index < -0.39 is 9.84 Å². The average molecular weight is 440 g/mol. The molecule has 0 radical (unpaired) electrons. The molecular formula is C20H26ClN3O4S. The maximum atomic E-state index is 12.8. The minimum Gasteiger partial charge on any atom is -0.394 e. The molecule has 3 rings (SSSR count). The van der Waals surface area contributed by atoms with Gasteiger partial charge in [0, 0.05) is 5.02 Å². The van der Waals surface area contributed by atoms with Gasteiger partial charge in [0.25, 0.3) is 5.91 Å². The first-order valence-electron chi connectivity index (χ1n) is 9.71. The zero-order valence-corrected chi connectivity index (χ0v) is 18.1.